The summed E-state index contributed by atoms with van der Waals surface area (Å²) in [5.74, 6) is 0.760. The molecule has 0 fully saturated rings. The Balaban J connectivity index is 2.09. The van der Waals surface area contributed by atoms with Gasteiger partial charge in [-0.1, -0.05) is 60.7 Å². The molecule has 0 heterocycles. The van der Waals surface area contributed by atoms with Crippen LogP contribution in [-0.4, -0.2) is 37.5 Å². The molecule has 5 heteroatoms. The topological polar surface area (TPSA) is 32.7 Å². The number of aliphatic hydroxyl groups is 1. The number of methoxy groups -OCH3 is 1. The number of rotatable bonds is 7. The Kier molecular flexibility index (Phi) is 6.56. The summed E-state index contributed by atoms with van der Waals surface area (Å²) in [5.41, 5.74) is 0.876. The first-order chi connectivity index (χ1) is 13.5. The second-order valence-corrected chi connectivity index (χ2v) is 9.86. The molecule has 0 saturated carbocycles. The monoisotopic (exact) mass is 390 g/mol. The fourth-order valence-corrected chi connectivity index (χ4v) is 6.60. The van der Waals surface area contributed by atoms with Crippen LogP contribution in [0.5, 0.6) is 5.75 Å². The smallest absolute Gasteiger partial charge is 0.158 e. The van der Waals surface area contributed by atoms with Crippen LogP contribution in [0.3, 0.4) is 0 Å². The van der Waals surface area contributed by atoms with Gasteiger partial charge in [-0.3, -0.25) is 7.57 Å². The number of likely N-dealkylation sites (N-methyl/N-ethyl adjacent to an activating group) is 1. The molecule has 0 saturated heterocycles. The van der Waals surface area contributed by atoms with Crippen LogP contribution in [0.4, 0.5) is 0 Å². The van der Waals surface area contributed by atoms with Crippen LogP contribution in [0.15, 0.2) is 84.9 Å². The first-order valence-corrected chi connectivity index (χ1v) is 11.1. The normalized spacial score (nSPS) is 15.6. The van der Waals surface area contributed by atoms with E-state index >= 15 is 0 Å². The van der Waals surface area contributed by atoms with E-state index in [0.29, 0.717) is 0 Å². The van der Waals surface area contributed by atoms with Gasteiger partial charge in [-0.05, 0) is 36.8 Å². The highest BCUT2D eigenvalue weighted by Gasteiger charge is 2.37. The molecule has 3 nitrogen and oxygen atoms in total. The third kappa shape index (κ3) is 3.86. The molecule has 28 heavy (non-hydrogen) atoms. The van der Waals surface area contributed by atoms with Crippen molar-refractivity contribution in [3.05, 3.63) is 90.5 Å². The minimum absolute atomic E-state index is 0.203. The summed E-state index contributed by atoms with van der Waals surface area (Å²) in [6, 6.07) is 27.5. The Bertz CT molecular complexity index is 893. The minimum atomic E-state index is -2.50. The Labute approximate surface area is 169 Å². The van der Waals surface area contributed by atoms with Gasteiger partial charge in [-0.2, -0.15) is 0 Å². The maximum atomic E-state index is 11.0. The zero-order chi connectivity index (χ0) is 20.1. The highest BCUT2D eigenvalue weighted by atomic mass is 31.2. The number of hydrogen-bond acceptors (Lipinski definition) is 3. The predicted octanol–water partition coefficient (Wildman–Crippen LogP) is 3.72. The Hall–Kier alpha value is -2.13. The lowest BCUT2D eigenvalue weighted by atomic mass is 10.0. The molecule has 3 aromatic rings. The number of para-hydroxylation sites is 1. The number of ether oxygens (including phenoxy) is 1. The maximum absolute atomic E-state index is 11.0. The van der Waals surface area contributed by atoms with Crippen LogP contribution in [0.25, 0.3) is 0 Å². The standard InChI is InChI=1S/C23H26BNO2P/c1-18(23(26)19-12-6-4-7-13-19)25(2)28(24,20-14-8-5-9-15-20)22-17-11-10-16-21(22)27-3/h4-18,23,26H,1-3H3/t18-,23-,28?/m0/s1. The Morgan fingerprint density at radius 1 is 0.893 bits per heavy atom. The lowest BCUT2D eigenvalue weighted by Crippen LogP contribution is -2.42. The van der Waals surface area contributed by atoms with Crippen LogP contribution in [0.2, 0.25) is 0 Å². The van der Waals surface area contributed by atoms with Gasteiger partial charge in [0.05, 0.1) is 24.6 Å². The first-order valence-electron chi connectivity index (χ1n) is 9.33. The zero-order valence-corrected chi connectivity index (χ0v) is 17.5. The lowest BCUT2D eigenvalue weighted by molar-refractivity contribution is 0.110. The van der Waals surface area contributed by atoms with Gasteiger partial charge in [-0.25, -0.2) is 4.67 Å². The number of nitrogens with zero attached hydrogens (tertiary/aromatic N) is 1. The Morgan fingerprint density at radius 3 is 2.04 bits per heavy atom. The number of hydrogen-bond donors (Lipinski definition) is 1. The fraction of sp³-hybridized carbons (Fsp3) is 0.217. The van der Waals surface area contributed by atoms with E-state index in [-0.39, 0.29) is 6.04 Å². The molecule has 3 rings (SSSR count). The number of benzene rings is 3. The average molecular weight is 390 g/mol. The summed E-state index contributed by atoms with van der Waals surface area (Å²) in [4.78, 5) is 0. The molecule has 0 aromatic heterocycles. The molecular formula is C23H26BNO2P. The van der Waals surface area contributed by atoms with Crippen LogP contribution in [0, 0.1) is 0 Å². The molecule has 3 aromatic carbocycles. The van der Waals surface area contributed by atoms with Crippen molar-refractivity contribution in [1.82, 2.24) is 4.67 Å². The molecule has 0 spiro atoms. The predicted molar refractivity (Wildman–Crippen MR) is 120 cm³/mol. The van der Waals surface area contributed by atoms with Crippen molar-refractivity contribution in [3.63, 3.8) is 0 Å². The summed E-state index contributed by atoms with van der Waals surface area (Å²) >= 11 is 0. The fourth-order valence-electron chi connectivity index (χ4n) is 3.48. The maximum Gasteiger partial charge on any atom is 0.158 e. The first kappa shape index (κ1) is 20.6. The molecule has 0 aliphatic heterocycles. The second-order valence-electron chi connectivity index (χ2n) is 6.86. The average Bonchev–Trinajstić information content (AvgIpc) is 2.78. The Morgan fingerprint density at radius 2 is 1.43 bits per heavy atom. The van der Waals surface area contributed by atoms with Crippen molar-refractivity contribution in [2.45, 2.75) is 19.1 Å². The van der Waals surface area contributed by atoms with Crippen LogP contribution in [-0.2, 0) is 0 Å². The molecule has 143 valence electrons. The summed E-state index contributed by atoms with van der Waals surface area (Å²) in [7, 11) is 8.38. The van der Waals surface area contributed by atoms with Crippen molar-refractivity contribution in [2.75, 3.05) is 14.2 Å². The molecule has 0 bridgehead atoms. The van der Waals surface area contributed by atoms with Gasteiger partial charge in [0.15, 0.2) is 5.75 Å². The molecule has 1 N–H and O–H groups in total. The van der Waals surface area contributed by atoms with E-state index in [2.05, 4.69) is 16.8 Å². The largest absolute Gasteiger partial charge is 0.493 e. The molecular weight excluding hydrogens is 364 g/mol. The van der Waals surface area contributed by atoms with Crippen molar-refractivity contribution in [2.24, 2.45) is 0 Å². The number of aliphatic hydroxyl groups excluding tert-OH is 1. The summed E-state index contributed by atoms with van der Waals surface area (Å²) < 4.78 is 7.77. The van der Waals surface area contributed by atoms with Crippen molar-refractivity contribution < 1.29 is 9.84 Å². The summed E-state index contributed by atoms with van der Waals surface area (Å²) in [6.45, 7) is 2.01. The molecule has 0 aliphatic rings. The second kappa shape index (κ2) is 8.92. The molecule has 0 aliphatic carbocycles. The quantitative estimate of drug-likeness (QED) is 0.493. The zero-order valence-electron chi connectivity index (χ0n) is 16.6. The van der Waals surface area contributed by atoms with Gasteiger partial charge in [0.1, 0.15) is 5.30 Å². The summed E-state index contributed by atoms with van der Waals surface area (Å²) in [6.07, 6.45) is -0.660. The van der Waals surface area contributed by atoms with Gasteiger partial charge in [0, 0.05) is 7.05 Å². The van der Waals surface area contributed by atoms with E-state index in [1.54, 1.807) is 7.11 Å². The van der Waals surface area contributed by atoms with Crippen LogP contribution < -0.4 is 15.3 Å². The molecule has 3 atom stereocenters. The highest BCUT2D eigenvalue weighted by molar-refractivity contribution is 8.06. The van der Waals surface area contributed by atoms with E-state index in [1.165, 1.54) is 0 Å². The van der Waals surface area contributed by atoms with Gasteiger partial charge in [0.25, 0.3) is 0 Å². The van der Waals surface area contributed by atoms with Crippen LogP contribution in [0.1, 0.15) is 18.6 Å². The van der Waals surface area contributed by atoms with E-state index in [0.717, 1.165) is 21.9 Å². The van der Waals surface area contributed by atoms with E-state index in [4.69, 9.17) is 12.3 Å². The van der Waals surface area contributed by atoms with E-state index < -0.39 is 13.4 Å². The van der Waals surface area contributed by atoms with Gasteiger partial charge >= 0.3 is 0 Å². The summed E-state index contributed by atoms with van der Waals surface area (Å²) in [5, 5.41) is 13.0. The van der Waals surface area contributed by atoms with Crippen molar-refractivity contribution in [3.8, 4) is 5.75 Å². The van der Waals surface area contributed by atoms with Crippen molar-refractivity contribution in [1.29, 1.82) is 0 Å². The van der Waals surface area contributed by atoms with E-state index in [1.807, 2.05) is 86.8 Å². The van der Waals surface area contributed by atoms with Gasteiger partial charge < -0.3 is 9.84 Å². The molecule has 0 amide bonds. The van der Waals surface area contributed by atoms with Crippen molar-refractivity contribution >= 4 is 25.5 Å². The third-order valence-electron chi connectivity index (χ3n) is 5.29. The molecule has 3 radical (unpaired) electrons. The molecule has 1 unspecified atom stereocenters. The van der Waals surface area contributed by atoms with E-state index in [9.17, 15) is 5.11 Å². The SMILES string of the molecule is [B-][P+](c1ccccc1)(c1ccccc1OC)N(C)[C@@H](C)[C@H](O)c1ccccc1. The third-order valence-corrected chi connectivity index (χ3v) is 8.84. The minimum Gasteiger partial charge on any atom is -0.493 e. The van der Waals surface area contributed by atoms with Gasteiger partial charge in [-0.15, -0.1) is 7.29 Å². The van der Waals surface area contributed by atoms with Gasteiger partial charge in [0.2, 0.25) is 0 Å². The highest BCUT2D eigenvalue weighted by Crippen LogP contribution is 2.57. The lowest BCUT2D eigenvalue weighted by Gasteiger charge is -2.47. The van der Waals surface area contributed by atoms with Crippen LogP contribution >= 0.6 is 7.29 Å².